The maximum atomic E-state index is 12.3. The van der Waals surface area contributed by atoms with Crippen LogP contribution >= 0.6 is 15.9 Å². The first-order valence-electron chi connectivity index (χ1n) is 7.22. The van der Waals surface area contributed by atoms with E-state index in [2.05, 4.69) is 31.6 Å². The summed E-state index contributed by atoms with van der Waals surface area (Å²) in [6, 6.07) is 8.93. The van der Waals surface area contributed by atoms with Crippen LogP contribution in [-0.2, 0) is 6.54 Å². The predicted molar refractivity (Wildman–Crippen MR) is 90.5 cm³/mol. The third-order valence-corrected chi connectivity index (χ3v) is 3.93. The summed E-state index contributed by atoms with van der Waals surface area (Å²) in [5.74, 6) is 0.0705. The number of rotatable bonds is 5. The van der Waals surface area contributed by atoms with Crippen molar-refractivity contribution in [3.63, 3.8) is 0 Å². The second kappa shape index (κ2) is 6.98. The maximum absolute atomic E-state index is 12.3. The van der Waals surface area contributed by atoms with Crippen LogP contribution in [0.1, 0.15) is 27.9 Å². The Hall–Kier alpha value is -2.45. The van der Waals surface area contributed by atoms with Gasteiger partial charge in [0.05, 0.1) is 19.0 Å². The molecule has 0 spiro atoms. The molecule has 3 aromatic rings. The fraction of sp³-hybridized carbons (Fsp3) is 0.188. The van der Waals surface area contributed by atoms with Gasteiger partial charge in [-0.15, -0.1) is 5.10 Å². The molecular weight excluding hydrogens is 376 g/mol. The summed E-state index contributed by atoms with van der Waals surface area (Å²) in [5, 5.41) is 20.5. The van der Waals surface area contributed by atoms with Gasteiger partial charge in [0, 0.05) is 10.2 Å². The van der Waals surface area contributed by atoms with Crippen LogP contribution in [0.25, 0.3) is 0 Å². The van der Waals surface area contributed by atoms with E-state index in [0.717, 1.165) is 10.0 Å². The molecule has 0 saturated carbocycles. The summed E-state index contributed by atoms with van der Waals surface area (Å²) < 4.78 is 7.47. The number of aliphatic hydroxyl groups excluding tert-OH is 1. The smallest absolute Gasteiger partial charge is 0.277 e. The van der Waals surface area contributed by atoms with E-state index in [9.17, 15) is 9.90 Å². The molecule has 24 heavy (non-hydrogen) atoms. The van der Waals surface area contributed by atoms with E-state index in [1.165, 1.54) is 17.1 Å². The van der Waals surface area contributed by atoms with Crippen LogP contribution in [0.3, 0.4) is 0 Å². The molecule has 1 atom stereocenters. The van der Waals surface area contributed by atoms with Gasteiger partial charge < -0.3 is 14.8 Å². The van der Waals surface area contributed by atoms with Gasteiger partial charge in [-0.1, -0.05) is 21.1 Å². The number of halogens is 1. The Labute approximate surface area is 146 Å². The van der Waals surface area contributed by atoms with Crippen LogP contribution in [0.5, 0.6) is 0 Å². The molecule has 2 aromatic heterocycles. The van der Waals surface area contributed by atoms with Crippen LogP contribution in [0, 0.1) is 6.92 Å². The van der Waals surface area contributed by atoms with Crippen molar-refractivity contribution in [3.8, 4) is 0 Å². The van der Waals surface area contributed by atoms with Gasteiger partial charge in [0.15, 0.2) is 5.69 Å². The van der Waals surface area contributed by atoms with Crippen molar-refractivity contribution in [1.82, 2.24) is 15.0 Å². The standard InChI is InChI=1S/C16H15BrN4O3/c1-10-7-11(17)4-5-12(10)18-16(23)13-8-21(20-19-13)9-14(22)15-3-2-6-24-15/h2-8,14,22H,9H2,1H3,(H,18,23)/t14-/m1/s1. The Morgan fingerprint density at radius 1 is 1.46 bits per heavy atom. The first kappa shape index (κ1) is 16.4. The van der Waals surface area contributed by atoms with E-state index in [1.807, 2.05) is 25.1 Å². The molecule has 0 aliphatic heterocycles. The van der Waals surface area contributed by atoms with Crippen molar-refractivity contribution >= 4 is 27.5 Å². The summed E-state index contributed by atoms with van der Waals surface area (Å²) in [5.41, 5.74) is 1.80. The zero-order valence-electron chi connectivity index (χ0n) is 12.8. The van der Waals surface area contributed by atoms with E-state index in [-0.39, 0.29) is 18.1 Å². The fourth-order valence-corrected chi connectivity index (χ4v) is 2.67. The van der Waals surface area contributed by atoms with Gasteiger partial charge in [-0.05, 0) is 42.8 Å². The number of amides is 1. The molecule has 0 unspecified atom stereocenters. The SMILES string of the molecule is Cc1cc(Br)ccc1NC(=O)c1cn(C[C@@H](O)c2ccco2)nn1. The minimum absolute atomic E-state index is 0.144. The topological polar surface area (TPSA) is 93.2 Å². The largest absolute Gasteiger partial charge is 0.467 e. The number of aryl methyl sites for hydroxylation is 1. The van der Waals surface area contributed by atoms with Crippen LogP contribution < -0.4 is 5.32 Å². The van der Waals surface area contributed by atoms with Crippen LogP contribution in [-0.4, -0.2) is 26.0 Å². The van der Waals surface area contributed by atoms with Crippen molar-refractivity contribution in [2.75, 3.05) is 5.32 Å². The number of aliphatic hydroxyl groups is 1. The minimum atomic E-state index is -0.855. The van der Waals surface area contributed by atoms with Crippen molar-refractivity contribution in [3.05, 3.63) is 64.3 Å². The molecule has 2 N–H and O–H groups in total. The van der Waals surface area contributed by atoms with Gasteiger partial charge in [0.2, 0.25) is 0 Å². The van der Waals surface area contributed by atoms with E-state index in [4.69, 9.17) is 4.42 Å². The highest BCUT2D eigenvalue weighted by Crippen LogP contribution is 2.20. The number of aromatic nitrogens is 3. The summed E-state index contributed by atoms with van der Waals surface area (Å²) in [4.78, 5) is 12.3. The lowest BCUT2D eigenvalue weighted by molar-refractivity contribution is 0.102. The zero-order valence-corrected chi connectivity index (χ0v) is 14.4. The molecule has 124 valence electrons. The minimum Gasteiger partial charge on any atom is -0.467 e. The number of hydrogen-bond donors (Lipinski definition) is 2. The Kier molecular flexibility index (Phi) is 4.77. The maximum Gasteiger partial charge on any atom is 0.277 e. The number of carbonyl (C=O) groups is 1. The van der Waals surface area contributed by atoms with Crippen molar-refractivity contribution in [1.29, 1.82) is 0 Å². The Balaban J connectivity index is 1.67. The molecule has 1 aromatic carbocycles. The fourth-order valence-electron chi connectivity index (χ4n) is 2.19. The lowest BCUT2D eigenvalue weighted by Gasteiger charge is -2.07. The molecule has 3 rings (SSSR count). The van der Waals surface area contributed by atoms with Gasteiger partial charge in [0.25, 0.3) is 5.91 Å². The highest BCUT2D eigenvalue weighted by Gasteiger charge is 2.16. The third-order valence-electron chi connectivity index (χ3n) is 3.44. The second-order valence-corrected chi connectivity index (χ2v) is 6.19. The lowest BCUT2D eigenvalue weighted by atomic mass is 10.2. The number of benzene rings is 1. The van der Waals surface area contributed by atoms with E-state index < -0.39 is 6.10 Å². The average Bonchev–Trinajstić information content (AvgIpc) is 3.21. The molecule has 7 nitrogen and oxygen atoms in total. The molecule has 0 aliphatic rings. The molecule has 0 radical (unpaired) electrons. The van der Waals surface area contributed by atoms with Crippen molar-refractivity contribution in [2.45, 2.75) is 19.6 Å². The highest BCUT2D eigenvalue weighted by atomic mass is 79.9. The molecule has 0 saturated heterocycles. The first-order chi connectivity index (χ1) is 11.5. The van der Waals surface area contributed by atoms with Gasteiger partial charge in [-0.2, -0.15) is 0 Å². The van der Waals surface area contributed by atoms with Crippen LogP contribution in [0.2, 0.25) is 0 Å². The zero-order chi connectivity index (χ0) is 17.1. The molecule has 0 bridgehead atoms. The number of hydrogen-bond acceptors (Lipinski definition) is 5. The lowest BCUT2D eigenvalue weighted by Crippen LogP contribution is -2.13. The molecule has 1 amide bonds. The van der Waals surface area contributed by atoms with Gasteiger partial charge >= 0.3 is 0 Å². The molecule has 0 aliphatic carbocycles. The van der Waals surface area contributed by atoms with Gasteiger partial charge in [-0.3, -0.25) is 4.79 Å². The number of nitrogens with zero attached hydrogens (tertiary/aromatic N) is 3. The van der Waals surface area contributed by atoms with Crippen molar-refractivity contribution in [2.24, 2.45) is 0 Å². The molecular formula is C16H15BrN4O3. The first-order valence-corrected chi connectivity index (χ1v) is 8.01. The van der Waals surface area contributed by atoms with E-state index in [1.54, 1.807) is 12.1 Å². The number of anilines is 1. The molecule has 2 heterocycles. The summed E-state index contributed by atoms with van der Waals surface area (Å²) in [6.07, 6.45) is 2.11. The van der Waals surface area contributed by atoms with E-state index in [0.29, 0.717) is 11.4 Å². The number of nitrogens with one attached hydrogen (secondary N) is 1. The Morgan fingerprint density at radius 2 is 2.29 bits per heavy atom. The summed E-state index contributed by atoms with van der Waals surface area (Å²) in [7, 11) is 0. The van der Waals surface area contributed by atoms with Crippen LogP contribution in [0.15, 0.2) is 51.7 Å². The van der Waals surface area contributed by atoms with Gasteiger partial charge in [-0.25, -0.2) is 4.68 Å². The van der Waals surface area contributed by atoms with Crippen LogP contribution in [0.4, 0.5) is 5.69 Å². The number of carbonyl (C=O) groups excluding carboxylic acids is 1. The quantitative estimate of drug-likeness (QED) is 0.698. The Morgan fingerprint density at radius 3 is 3.00 bits per heavy atom. The van der Waals surface area contributed by atoms with Crippen molar-refractivity contribution < 1.29 is 14.3 Å². The number of furan rings is 1. The normalized spacial score (nSPS) is 12.1. The van der Waals surface area contributed by atoms with E-state index >= 15 is 0 Å². The summed E-state index contributed by atoms with van der Waals surface area (Å²) >= 11 is 3.38. The second-order valence-electron chi connectivity index (χ2n) is 5.27. The average molecular weight is 391 g/mol. The Bertz CT molecular complexity index is 845. The monoisotopic (exact) mass is 390 g/mol. The molecule has 8 heteroatoms. The highest BCUT2D eigenvalue weighted by molar-refractivity contribution is 9.10. The third kappa shape index (κ3) is 3.72. The molecule has 0 fully saturated rings. The van der Waals surface area contributed by atoms with Gasteiger partial charge in [0.1, 0.15) is 11.9 Å². The summed E-state index contributed by atoms with van der Waals surface area (Å²) in [6.45, 7) is 2.04. The predicted octanol–water partition coefficient (Wildman–Crippen LogP) is 2.93.